The first-order valence-electron chi connectivity index (χ1n) is 7.45. The molecule has 1 amide bonds. The van der Waals surface area contributed by atoms with Crippen molar-refractivity contribution >= 4 is 23.5 Å². The van der Waals surface area contributed by atoms with Gasteiger partial charge in [0.2, 0.25) is 0 Å². The molecule has 0 radical (unpaired) electrons. The maximum absolute atomic E-state index is 11.7. The van der Waals surface area contributed by atoms with Crippen LogP contribution in [0.25, 0.3) is 0 Å². The van der Waals surface area contributed by atoms with Gasteiger partial charge in [0.15, 0.2) is 12.4 Å². The second-order valence-electron chi connectivity index (χ2n) is 5.31. The van der Waals surface area contributed by atoms with Crippen molar-refractivity contribution in [2.45, 2.75) is 6.92 Å². The van der Waals surface area contributed by atoms with E-state index in [1.807, 2.05) is 0 Å². The number of nitrogens with zero attached hydrogens (tertiary/aromatic N) is 3. The quantitative estimate of drug-likeness (QED) is 0.426. The van der Waals surface area contributed by atoms with Crippen LogP contribution in [0.2, 0.25) is 0 Å². The van der Waals surface area contributed by atoms with Crippen molar-refractivity contribution in [3.05, 3.63) is 67.8 Å². The van der Waals surface area contributed by atoms with Gasteiger partial charge in [0.1, 0.15) is 5.75 Å². The van der Waals surface area contributed by atoms with E-state index in [-0.39, 0.29) is 28.4 Å². The van der Waals surface area contributed by atoms with Gasteiger partial charge < -0.3 is 9.84 Å². The molecule has 0 fully saturated rings. The van der Waals surface area contributed by atoms with E-state index in [1.54, 1.807) is 13.0 Å². The summed E-state index contributed by atoms with van der Waals surface area (Å²) in [6.45, 7) is 1.14. The molecule has 2 rings (SSSR count). The van der Waals surface area contributed by atoms with Crippen molar-refractivity contribution in [2.75, 3.05) is 6.61 Å². The van der Waals surface area contributed by atoms with Crippen LogP contribution in [0.5, 0.6) is 11.5 Å². The Morgan fingerprint density at radius 1 is 1.22 bits per heavy atom. The van der Waals surface area contributed by atoms with Crippen LogP contribution in [0.4, 0.5) is 11.4 Å². The number of amides is 1. The van der Waals surface area contributed by atoms with Crippen molar-refractivity contribution < 1.29 is 24.5 Å². The molecule has 0 bridgehead atoms. The summed E-state index contributed by atoms with van der Waals surface area (Å²) in [5.74, 6) is -1.04. The molecule has 11 heteroatoms. The first-order chi connectivity index (χ1) is 12.8. The molecule has 0 aromatic heterocycles. The van der Waals surface area contributed by atoms with Gasteiger partial charge in [-0.25, -0.2) is 5.43 Å². The van der Waals surface area contributed by atoms with Gasteiger partial charge in [-0.2, -0.15) is 5.10 Å². The number of carbonyl (C=O) groups excluding carboxylic acids is 1. The molecule has 0 heterocycles. The highest BCUT2D eigenvalue weighted by Gasteiger charge is 2.16. The molecule has 0 aliphatic rings. The van der Waals surface area contributed by atoms with E-state index < -0.39 is 22.4 Å². The van der Waals surface area contributed by atoms with E-state index in [0.29, 0.717) is 5.56 Å². The normalized spacial score (nSPS) is 10.6. The number of nitro benzene ring substituents is 2. The summed E-state index contributed by atoms with van der Waals surface area (Å²) < 4.78 is 5.13. The number of rotatable bonds is 7. The summed E-state index contributed by atoms with van der Waals surface area (Å²) in [5.41, 5.74) is 2.26. The molecule has 0 aliphatic heterocycles. The molecule has 11 nitrogen and oxygen atoms in total. The Bertz CT molecular complexity index is 927. The van der Waals surface area contributed by atoms with E-state index in [4.69, 9.17) is 4.74 Å². The lowest BCUT2D eigenvalue weighted by Gasteiger charge is -2.06. The molecule has 0 saturated heterocycles. The van der Waals surface area contributed by atoms with Gasteiger partial charge in [0.05, 0.1) is 16.1 Å². The first-order valence-corrected chi connectivity index (χ1v) is 7.45. The van der Waals surface area contributed by atoms with Crippen LogP contribution >= 0.6 is 0 Å². The van der Waals surface area contributed by atoms with Crippen molar-refractivity contribution in [2.24, 2.45) is 5.10 Å². The van der Waals surface area contributed by atoms with E-state index >= 15 is 0 Å². The van der Waals surface area contributed by atoms with Crippen molar-refractivity contribution in [3.63, 3.8) is 0 Å². The number of phenolic OH excluding ortho intramolecular Hbond substituents is 1. The zero-order valence-corrected chi connectivity index (χ0v) is 14.0. The van der Waals surface area contributed by atoms with Gasteiger partial charge in [0, 0.05) is 23.8 Å². The minimum Gasteiger partial charge on any atom is -0.507 e. The Kier molecular flexibility index (Phi) is 5.99. The minimum atomic E-state index is -0.717. The maximum atomic E-state index is 11.7. The van der Waals surface area contributed by atoms with Gasteiger partial charge in [-0.05, 0) is 24.6 Å². The van der Waals surface area contributed by atoms with E-state index in [1.165, 1.54) is 12.1 Å². The van der Waals surface area contributed by atoms with E-state index in [9.17, 15) is 30.1 Å². The van der Waals surface area contributed by atoms with E-state index in [2.05, 4.69) is 10.5 Å². The van der Waals surface area contributed by atoms with Crippen molar-refractivity contribution in [1.82, 2.24) is 5.43 Å². The van der Waals surface area contributed by atoms with Crippen LogP contribution in [-0.2, 0) is 4.79 Å². The molecule has 2 N–H and O–H groups in total. The Labute approximate surface area is 152 Å². The van der Waals surface area contributed by atoms with Crippen LogP contribution in [0.15, 0.2) is 41.5 Å². The number of benzene rings is 2. The molecule has 27 heavy (non-hydrogen) atoms. The van der Waals surface area contributed by atoms with Crippen LogP contribution in [0.1, 0.15) is 11.1 Å². The molecule has 2 aromatic carbocycles. The number of ether oxygens (including phenoxy) is 1. The molecule has 2 aromatic rings. The molecular weight excluding hydrogens is 360 g/mol. The predicted molar refractivity (Wildman–Crippen MR) is 93.8 cm³/mol. The SMILES string of the molecule is Cc1ccc(OCC(=O)N/N=C\c2cc([N+](=O)[O-])ccc2O)c([N+](=O)[O-])c1. The van der Waals surface area contributed by atoms with Gasteiger partial charge in [-0.3, -0.25) is 25.0 Å². The second kappa shape index (κ2) is 8.38. The zero-order chi connectivity index (χ0) is 20.0. The van der Waals surface area contributed by atoms with Gasteiger partial charge in [-0.15, -0.1) is 0 Å². The number of aromatic hydroxyl groups is 1. The monoisotopic (exact) mass is 374 g/mol. The van der Waals surface area contributed by atoms with Gasteiger partial charge in [0.25, 0.3) is 11.6 Å². The highest BCUT2D eigenvalue weighted by Crippen LogP contribution is 2.27. The topological polar surface area (TPSA) is 157 Å². The average Bonchev–Trinajstić information content (AvgIpc) is 2.61. The first kappa shape index (κ1) is 19.3. The number of aryl methyl sites for hydroxylation is 1. The number of nitrogens with one attached hydrogen (secondary N) is 1. The van der Waals surface area contributed by atoms with Crippen molar-refractivity contribution in [3.8, 4) is 11.5 Å². The molecule has 0 aliphatic carbocycles. The Hall–Kier alpha value is -4.02. The number of hydrogen-bond acceptors (Lipinski definition) is 8. The fraction of sp³-hybridized carbons (Fsp3) is 0.125. The third-order valence-corrected chi connectivity index (χ3v) is 3.28. The highest BCUT2D eigenvalue weighted by atomic mass is 16.6. The summed E-state index contributed by atoms with van der Waals surface area (Å²) in [6.07, 6.45) is 1.02. The molecule has 0 spiro atoms. The smallest absolute Gasteiger partial charge is 0.311 e. The summed E-state index contributed by atoms with van der Waals surface area (Å²) >= 11 is 0. The predicted octanol–water partition coefficient (Wildman–Crippen LogP) is 2.05. The lowest BCUT2D eigenvalue weighted by molar-refractivity contribution is -0.385. The number of non-ortho nitro benzene ring substituents is 1. The average molecular weight is 374 g/mol. The van der Waals surface area contributed by atoms with Crippen molar-refractivity contribution in [1.29, 1.82) is 0 Å². The highest BCUT2D eigenvalue weighted by molar-refractivity contribution is 5.86. The second-order valence-corrected chi connectivity index (χ2v) is 5.31. The largest absolute Gasteiger partial charge is 0.507 e. The standard InChI is InChI=1S/C16H14N4O7/c1-10-2-5-15(13(6-10)20(25)26)27-9-16(22)18-17-8-11-7-12(19(23)24)3-4-14(11)21/h2-8,21H,9H2,1H3,(H,18,22)/b17-8-. The van der Waals surface area contributed by atoms with Gasteiger partial charge in [-0.1, -0.05) is 6.07 Å². The summed E-state index contributed by atoms with van der Waals surface area (Å²) in [6, 6.07) is 7.62. The fourth-order valence-electron chi connectivity index (χ4n) is 2.00. The summed E-state index contributed by atoms with van der Waals surface area (Å²) in [4.78, 5) is 32.2. The summed E-state index contributed by atoms with van der Waals surface area (Å²) in [5, 5.41) is 34.9. The maximum Gasteiger partial charge on any atom is 0.311 e. The van der Waals surface area contributed by atoms with Crippen LogP contribution in [0, 0.1) is 27.2 Å². The van der Waals surface area contributed by atoms with Gasteiger partial charge >= 0.3 is 5.69 Å². The van der Waals surface area contributed by atoms with Crippen LogP contribution in [-0.4, -0.2) is 33.7 Å². The zero-order valence-electron chi connectivity index (χ0n) is 14.0. The third-order valence-electron chi connectivity index (χ3n) is 3.28. The molecule has 0 atom stereocenters. The molecule has 0 unspecified atom stereocenters. The summed E-state index contributed by atoms with van der Waals surface area (Å²) in [7, 11) is 0. The molecular formula is C16H14N4O7. The Balaban J connectivity index is 1.98. The van der Waals surface area contributed by atoms with Crippen LogP contribution in [0.3, 0.4) is 0 Å². The van der Waals surface area contributed by atoms with E-state index in [0.717, 1.165) is 24.4 Å². The lowest BCUT2D eigenvalue weighted by Crippen LogP contribution is -2.24. The Morgan fingerprint density at radius 3 is 2.63 bits per heavy atom. The Morgan fingerprint density at radius 2 is 1.96 bits per heavy atom. The van der Waals surface area contributed by atoms with Crippen LogP contribution < -0.4 is 10.2 Å². The molecule has 0 saturated carbocycles. The molecule has 140 valence electrons. The number of phenols is 1. The fourth-order valence-corrected chi connectivity index (χ4v) is 2.00. The number of hydrazone groups is 1. The number of nitro groups is 2. The number of hydrogen-bond donors (Lipinski definition) is 2. The third kappa shape index (κ3) is 5.22. The lowest BCUT2D eigenvalue weighted by atomic mass is 10.2. The number of carbonyl (C=O) groups is 1. The minimum absolute atomic E-state index is 0.0274.